The van der Waals surface area contributed by atoms with Crippen LogP contribution in [0.4, 0.5) is 0 Å². The highest BCUT2D eigenvalue weighted by Gasteiger charge is 2.33. The lowest BCUT2D eigenvalue weighted by Gasteiger charge is -2.42. The molecule has 1 rings (SSSR count). The third-order valence-corrected chi connectivity index (χ3v) is 4.66. The highest BCUT2D eigenvalue weighted by atomic mass is 16.2. The highest BCUT2D eigenvalue weighted by Crippen LogP contribution is 2.33. The van der Waals surface area contributed by atoms with E-state index in [1.807, 2.05) is 14.1 Å². The Bertz CT molecular complexity index is 281. The van der Waals surface area contributed by atoms with Crippen LogP contribution in [0.1, 0.15) is 39.5 Å². The molecule has 1 saturated carbocycles. The van der Waals surface area contributed by atoms with Gasteiger partial charge in [-0.1, -0.05) is 26.7 Å². The van der Waals surface area contributed by atoms with E-state index in [1.165, 1.54) is 25.7 Å². The van der Waals surface area contributed by atoms with Crippen LogP contribution in [0.3, 0.4) is 0 Å². The summed E-state index contributed by atoms with van der Waals surface area (Å²) >= 11 is 0. The van der Waals surface area contributed by atoms with Crippen LogP contribution < -0.4 is 5.73 Å². The topological polar surface area (TPSA) is 49.6 Å². The molecule has 1 amide bonds. The molecule has 2 N–H and O–H groups in total. The Kier molecular flexibility index (Phi) is 6.80. The Hall–Kier alpha value is -0.610. The lowest BCUT2D eigenvalue weighted by molar-refractivity contribution is -0.131. The summed E-state index contributed by atoms with van der Waals surface area (Å²) in [6.07, 6.45) is 4.96. The van der Waals surface area contributed by atoms with Gasteiger partial charge in [0.05, 0.1) is 6.54 Å². The number of likely N-dealkylation sites (N-methyl/N-ethyl adjacent to an activating group) is 2. The predicted octanol–water partition coefficient (Wildman–Crippen LogP) is 1.55. The van der Waals surface area contributed by atoms with E-state index in [1.54, 1.807) is 4.90 Å². The molecule has 0 radical (unpaired) electrons. The molecule has 0 saturated heterocycles. The maximum Gasteiger partial charge on any atom is 0.236 e. The van der Waals surface area contributed by atoms with Gasteiger partial charge in [0.1, 0.15) is 0 Å². The van der Waals surface area contributed by atoms with Gasteiger partial charge < -0.3 is 10.6 Å². The third-order valence-electron chi connectivity index (χ3n) is 4.66. The molecule has 3 unspecified atom stereocenters. The molecule has 0 bridgehead atoms. The van der Waals surface area contributed by atoms with Crippen molar-refractivity contribution in [3.63, 3.8) is 0 Å². The second-order valence-corrected chi connectivity index (χ2v) is 6.00. The SMILES string of the molecule is CCC1CCC(CN)C(N(CC)CC(=O)N(C)C)C1. The minimum atomic E-state index is 0.191. The van der Waals surface area contributed by atoms with Crippen LogP contribution in [0.15, 0.2) is 0 Å². The van der Waals surface area contributed by atoms with Crippen LogP contribution >= 0.6 is 0 Å². The predicted molar refractivity (Wildman–Crippen MR) is 79.9 cm³/mol. The van der Waals surface area contributed by atoms with Crippen LogP contribution in [0.5, 0.6) is 0 Å². The summed E-state index contributed by atoms with van der Waals surface area (Å²) in [5.74, 6) is 1.55. The molecule has 0 aliphatic heterocycles. The molecule has 1 aliphatic rings. The van der Waals surface area contributed by atoms with E-state index >= 15 is 0 Å². The summed E-state index contributed by atoms with van der Waals surface area (Å²) in [5.41, 5.74) is 5.94. The van der Waals surface area contributed by atoms with Crippen molar-refractivity contribution in [2.45, 2.75) is 45.6 Å². The van der Waals surface area contributed by atoms with Crippen LogP contribution in [-0.4, -0.2) is 55.5 Å². The molecular weight excluding hydrogens is 238 g/mol. The summed E-state index contributed by atoms with van der Waals surface area (Å²) < 4.78 is 0. The molecule has 4 nitrogen and oxygen atoms in total. The minimum absolute atomic E-state index is 0.191. The number of rotatable bonds is 6. The first-order valence-electron chi connectivity index (χ1n) is 7.67. The van der Waals surface area contributed by atoms with E-state index < -0.39 is 0 Å². The smallest absolute Gasteiger partial charge is 0.236 e. The van der Waals surface area contributed by atoms with Crippen LogP contribution in [0.2, 0.25) is 0 Å². The number of hydrogen-bond donors (Lipinski definition) is 1. The zero-order valence-corrected chi connectivity index (χ0v) is 13.1. The minimum Gasteiger partial charge on any atom is -0.348 e. The number of carbonyl (C=O) groups is 1. The quantitative estimate of drug-likeness (QED) is 0.796. The fraction of sp³-hybridized carbons (Fsp3) is 0.933. The molecule has 0 aromatic heterocycles. The maximum atomic E-state index is 12.0. The van der Waals surface area contributed by atoms with E-state index in [2.05, 4.69) is 18.7 Å². The lowest BCUT2D eigenvalue weighted by Crippen LogP contribution is -2.50. The van der Waals surface area contributed by atoms with Gasteiger partial charge in [-0.25, -0.2) is 0 Å². The zero-order valence-electron chi connectivity index (χ0n) is 13.1. The summed E-state index contributed by atoms with van der Waals surface area (Å²) in [5, 5.41) is 0. The monoisotopic (exact) mass is 269 g/mol. The van der Waals surface area contributed by atoms with E-state index in [9.17, 15) is 4.79 Å². The van der Waals surface area contributed by atoms with E-state index in [0.717, 1.165) is 19.0 Å². The second-order valence-electron chi connectivity index (χ2n) is 6.00. The number of amides is 1. The summed E-state index contributed by atoms with van der Waals surface area (Å²) in [7, 11) is 3.65. The largest absolute Gasteiger partial charge is 0.348 e. The average molecular weight is 269 g/mol. The van der Waals surface area contributed by atoms with E-state index in [-0.39, 0.29) is 5.91 Å². The van der Waals surface area contributed by atoms with Crippen molar-refractivity contribution in [2.75, 3.05) is 33.7 Å². The molecule has 19 heavy (non-hydrogen) atoms. The molecule has 112 valence electrons. The van der Waals surface area contributed by atoms with Crippen molar-refractivity contribution < 1.29 is 4.79 Å². The summed E-state index contributed by atoms with van der Waals surface area (Å²) in [6, 6.07) is 0.484. The Morgan fingerprint density at radius 2 is 1.95 bits per heavy atom. The number of hydrogen-bond acceptors (Lipinski definition) is 3. The second kappa shape index (κ2) is 7.85. The standard InChI is InChI=1S/C15H31N3O/c1-5-12-7-8-13(10-16)14(9-12)18(6-2)11-15(19)17(3)4/h12-14H,5-11,16H2,1-4H3. The van der Waals surface area contributed by atoms with Gasteiger partial charge in [0.15, 0.2) is 0 Å². The van der Waals surface area contributed by atoms with E-state index in [0.29, 0.717) is 18.5 Å². The van der Waals surface area contributed by atoms with Crippen LogP contribution in [0.25, 0.3) is 0 Å². The van der Waals surface area contributed by atoms with Gasteiger partial charge in [0, 0.05) is 20.1 Å². The fourth-order valence-electron chi connectivity index (χ4n) is 3.17. The Morgan fingerprint density at radius 3 is 2.42 bits per heavy atom. The lowest BCUT2D eigenvalue weighted by atomic mass is 9.76. The normalized spacial score (nSPS) is 27.6. The van der Waals surface area contributed by atoms with Crippen molar-refractivity contribution in [3.8, 4) is 0 Å². The van der Waals surface area contributed by atoms with Crippen molar-refractivity contribution in [1.29, 1.82) is 0 Å². The molecule has 3 atom stereocenters. The highest BCUT2D eigenvalue weighted by molar-refractivity contribution is 5.77. The van der Waals surface area contributed by atoms with Gasteiger partial charge >= 0.3 is 0 Å². The van der Waals surface area contributed by atoms with Crippen LogP contribution in [0, 0.1) is 11.8 Å². The Balaban J connectivity index is 2.71. The molecule has 0 heterocycles. The zero-order chi connectivity index (χ0) is 14.4. The van der Waals surface area contributed by atoms with Gasteiger partial charge in [-0.2, -0.15) is 0 Å². The maximum absolute atomic E-state index is 12.0. The number of carbonyl (C=O) groups excluding carboxylic acids is 1. The first kappa shape index (κ1) is 16.4. The van der Waals surface area contributed by atoms with E-state index in [4.69, 9.17) is 5.73 Å². The molecule has 0 aromatic carbocycles. The first-order chi connectivity index (χ1) is 9.03. The molecule has 0 aromatic rings. The summed E-state index contributed by atoms with van der Waals surface area (Å²) in [4.78, 5) is 16.0. The fourth-order valence-corrected chi connectivity index (χ4v) is 3.17. The van der Waals surface area contributed by atoms with Gasteiger partial charge in [-0.05, 0) is 37.8 Å². The number of nitrogens with two attached hydrogens (primary N) is 1. The van der Waals surface area contributed by atoms with Gasteiger partial charge in [-0.3, -0.25) is 9.69 Å². The van der Waals surface area contributed by atoms with Crippen molar-refractivity contribution >= 4 is 5.91 Å². The molecule has 1 fully saturated rings. The van der Waals surface area contributed by atoms with Crippen molar-refractivity contribution in [1.82, 2.24) is 9.80 Å². The average Bonchev–Trinajstić information content (AvgIpc) is 2.43. The Morgan fingerprint density at radius 1 is 1.26 bits per heavy atom. The summed E-state index contributed by atoms with van der Waals surface area (Å²) in [6.45, 7) is 6.61. The molecule has 1 aliphatic carbocycles. The van der Waals surface area contributed by atoms with Crippen molar-refractivity contribution in [2.24, 2.45) is 17.6 Å². The Labute approximate surface area is 118 Å². The van der Waals surface area contributed by atoms with Gasteiger partial charge in [-0.15, -0.1) is 0 Å². The van der Waals surface area contributed by atoms with Crippen molar-refractivity contribution in [3.05, 3.63) is 0 Å². The molecular formula is C15H31N3O. The number of nitrogens with zero attached hydrogens (tertiary/aromatic N) is 2. The third kappa shape index (κ3) is 4.46. The van der Waals surface area contributed by atoms with Gasteiger partial charge in [0.2, 0.25) is 5.91 Å². The molecule has 0 spiro atoms. The molecule has 4 heteroatoms. The van der Waals surface area contributed by atoms with Crippen LogP contribution in [-0.2, 0) is 4.79 Å². The van der Waals surface area contributed by atoms with Gasteiger partial charge in [0.25, 0.3) is 0 Å². The first-order valence-corrected chi connectivity index (χ1v) is 7.67.